The summed E-state index contributed by atoms with van der Waals surface area (Å²) < 4.78 is 15.1. The van der Waals surface area contributed by atoms with Crippen LogP contribution in [0.1, 0.15) is 43.2 Å². The van der Waals surface area contributed by atoms with Gasteiger partial charge in [0.2, 0.25) is 0 Å². The maximum absolute atomic E-state index is 15.1. The number of phenols is 1. The van der Waals surface area contributed by atoms with Crippen LogP contribution in [0.15, 0.2) is 18.2 Å². The number of aliphatic hydroxyl groups is 1. The van der Waals surface area contributed by atoms with E-state index in [0.717, 1.165) is 24.0 Å². The molecule has 2 fully saturated rings. The van der Waals surface area contributed by atoms with E-state index in [0.29, 0.717) is 24.7 Å². The first kappa shape index (κ1) is 15.0. The largest absolute Gasteiger partial charge is 0.508 e. The van der Waals surface area contributed by atoms with Crippen LogP contribution in [-0.4, -0.2) is 22.0 Å². The Labute approximate surface area is 136 Å². The van der Waals surface area contributed by atoms with Gasteiger partial charge in [0.05, 0.1) is 0 Å². The number of halogens is 1. The maximum atomic E-state index is 15.1. The van der Waals surface area contributed by atoms with Gasteiger partial charge in [0.15, 0.2) is 0 Å². The molecule has 0 saturated heterocycles. The molecule has 3 heteroatoms. The third-order valence-electron chi connectivity index (χ3n) is 6.70. The van der Waals surface area contributed by atoms with Crippen LogP contribution in [0.25, 0.3) is 0 Å². The number of phenolic OH excluding ortho intramolecular Hbond substituents is 1. The molecule has 1 aromatic carbocycles. The molecule has 23 heavy (non-hydrogen) atoms. The summed E-state index contributed by atoms with van der Waals surface area (Å²) in [6.45, 7) is 2.17. The summed E-state index contributed by atoms with van der Waals surface area (Å²) in [4.78, 5) is 0. The average molecular weight is 314 g/mol. The normalized spacial score (nSPS) is 44.8. The van der Waals surface area contributed by atoms with E-state index >= 15 is 4.39 Å². The Hall–Kier alpha value is -1.53. The number of hydrogen-bond acceptors (Lipinski definition) is 2. The van der Waals surface area contributed by atoms with Crippen molar-refractivity contribution in [2.75, 3.05) is 0 Å². The molecule has 0 aromatic heterocycles. The third kappa shape index (κ3) is 2.04. The lowest BCUT2D eigenvalue weighted by atomic mass is 9.56. The van der Waals surface area contributed by atoms with Crippen LogP contribution in [0.4, 0.5) is 4.39 Å². The number of alkyl halides is 1. The summed E-state index contributed by atoms with van der Waals surface area (Å²) in [6.07, 6.45) is 7.26. The summed E-state index contributed by atoms with van der Waals surface area (Å²) in [7, 11) is 0. The number of aromatic hydroxyl groups is 1. The van der Waals surface area contributed by atoms with E-state index in [1.807, 2.05) is 6.07 Å². The zero-order chi connectivity index (χ0) is 16.4. The molecule has 0 aliphatic heterocycles. The van der Waals surface area contributed by atoms with Gasteiger partial charge in [-0.05, 0) is 66.7 Å². The summed E-state index contributed by atoms with van der Waals surface area (Å²) >= 11 is 0. The van der Waals surface area contributed by atoms with Crippen LogP contribution >= 0.6 is 0 Å². The summed E-state index contributed by atoms with van der Waals surface area (Å²) in [6, 6.07) is 5.34. The molecule has 2 N–H and O–H groups in total. The molecule has 4 unspecified atom stereocenters. The molecule has 0 bridgehead atoms. The molecule has 0 heterocycles. The highest BCUT2D eigenvalue weighted by Gasteiger charge is 2.58. The first-order chi connectivity index (χ1) is 10.9. The Balaban J connectivity index is 1.77. The predicted octanol–water partition coefficient (Wildman–Crippen LogP) is 3.42. The first-order valence-corrected chi connectivity index (χ1v) is 8.60. The highest BCUT2D eigenvalue weighted by Crippen LogP contribution is 2.59. The fraction of sp³-hybridized carbons (Fsp3) is 0.600. The number of hydrogen-bond donors (Lipinski definition) is 2. The topological polar surface area (TPSA) is 40.5 Å². The minimum Gasteiger partial charge on any atom is -0.508 e. The van der Waals surface area contributed by atoms with Gasteiger partial charge < -0.3 is 10.2 Å². The van der Waals surface area contributed by atoms with Crippen molar-refractivity contribution in [3.8, 4) is 18.1 Å². The molecule has 1 aromatic rings. The molecule has 4 rings (SSSR count). The average Bonchev–Trinajstić information content (AvgIpc) is 2.84. The molecule has 0 radical (unpaired) electrons. The van der Waals surface area contributed by atoms with Crippen molar-refractivity contribution in [1.82, 2.24) is 0 Å². The molecule has 122 valence electrons. The first-order valence-electron chi connectivity index (χ1n) is 8.60. The predicted molar refractivity (Wildman–Crippen MR) is 86.7 cm³/mol. The Kier molecular flexibility index (Phi) is 3.25. The lowest BCUT2D eigenvalue weighted by Crippen LogP contribution is -2.48. The van der Waals surface area contributed by atoms with E-state index in [1.165, 1.54) is 0 Å². The van der Waals surface area contributed by atoms with E-state index in [-0.39, 0.29) is 23.5 Å². The Morgan fingerprint density at radius 1 is 1.39 bits per heavy atom. The summed E-state index contributed by atoms with van der Waals surface area (Å²) in [5.41, 5.74) is 0.993. The number of terminal acetylenes is 1. The minimum atomic E-state index is -1.13. The van der Waals surface area contributed by atoms with Crippen molar-refractivity contribution in [1.29, 1.82) is 0 Å². The Morgan fingerprint density at radius 2 is 2.17 bits per heavy atom. The van der Waals surface area contributed by atoms with Gasteiger partial charge in [-0.15, -0.1) is 6.42 Å². The van der Waals surface area contributed by atoms with Crippen molar-refractivity contribution in [3.05, 3.63) is 29.3 Å². The minimum absolute atomic E-state index is 0.120. The van der Waals surface area contributed by atoms with Crippen LogP contribution in [0.5, 0.6) is 5.75 Å². The quantitative estimate of drug-likeness (QED) is 0.720. The lowest BCUT2D eigenvalue weighted by Gasteiger charge is -2.50. The molecule has 3 aliphatic carbocycles. The molecule has 0 spiro atoms. The number of benzene rings is 1. The standard InChI is InChI=1S/C20H23FO2/c1-3-20(23)7-6-15-16(20)10-17(21)19-14-5-4-13(22)9-12(14)8-11(2)18(15)19/h1,4-5,9,11,15-19,22-23H,6-8,10H2,2H3/t11-,15?,16?,17+,18?,19?,20+/m1/s1. The molecular weight excluding hydrogens is 291 g/mol. The van der Waals surface area contributed by atoms with Crippen molar-refractivity contribution in [3.63, 3.8) is 0 Å². The van der Waals surface area contributed by atoms with Gasteiger partial charge in [0.25, 0.3) is 0 Å². The smallest absolute Gasteiger partial charge is 0.128 e. The third-order valence-corrected chi connectivity index (χ3v) is 6.70. The summed E-state index contributed by atoms with van der Waals surface area (Å²) in [5, 5.41) is 20.4. The highest BCUT2D eigenvalue weighted by atomic mass is 19.1. The van der Waals surface area contributed by atoms with E-state index in [2.05, 4.69) is 12.8 Å². The monoisotopic (exact) mass is 314 g/mol. The zero-order valence-electron chi connectivity index (χ0n) is 13.4. The van der Waals surface area contributed by atoms with E-state index in [1.54, 1.807) is 12.1 Å². The van der Waals surface area contributed by atoms with E-state index in [4.69, 9.17) is 6.42 Å². The number of fused-ring (bicyclic) bond motifs is 5. The Bertz CT molecular complexity index is 679. The SMILES string of the molecule is C#C[C@]1(O)CCC2C3C(c4ccc(O)cc4C[C@H]3C)[C@@H](F)CC21. The van der Waals surface area contributed by atoms with Crippen LogP contribution in [0.2, 0.25) is 0 Å². The second kappa shape index (κ2) is 4.98. The molecule has 2 saturated carbocycles. The maximum Gasteiger partial charge on any atom is 0.128 e. The second-order valence-corrected chi connectivity index (χ2v) is 7.80. The second-order valence-electron chi connectivity index (χ2n) is 7.80. The fourth-order valence-corrected chi connectivity index (χ4v) is 5.79. The van der Waals surface area contributed by atoms with Gasteiger partial charge in [-0.2, -0.15) is 0 Å². The molecule has 7 atom stereocenters. The van der Waals surface area contributed by atoms with E-state index in [9.17, 15) is 10.2 Å². The van der Waals surface area contributed by atoms with Crippen LogP contribution in [-0.2, 0) is 6.42 Å². The molecule has 0 amide bonds. The van der Waals surface area contributed by atoms with E-state index < -0.39 is 11.8 Å². The van der Waals surface area contributed by atoms with Gasteiger partial charge in [-0.1, -0.05) is 18.9 Å². The van der Waals surface area contributed by atoms with Gasteiger partial charge in [0, 0.05) is 11.8 Å². The number of rotatable bonds is 0. The van der Waals surface area contributed by atoms with Crippen molar-refractivity contribution in [2.24, 2.45) is 23.7 Å². The highest BCUT2D eigenvalue weighted by molar-refractivity contribution is 5.41. The van der Waals surface area contributed by atoms with Crippen LogP contribution in [0, 0.1) is 36.0 Å². The molecular formula is C20H23FO2. The van der Waals surface area contributed by atoms with Crippen molar-refractivity contribution < 1.29 is 14.6 Å². The van der Waals surface area contributed by atoms with Gasteiger partial charge in [-0.25, -0.2) is 4.39 Å². The lowest BCUT2D eigenvalue weighted by molar-refractivity contribution is -0.0330. The molecule has 3 aliphatic rings. The van der Waals surface area contributed by atoms with Crippen molar-refractivity contribution in [2.45, 2.75) is 50.3 Å². The summed E-state index contributed by atoms with van der Waals surface area (Å²) in [5.74, 6) is 3.41. The van der Waals surface area contributed by atoms with Gasteiger partial charge >= 0.3 is 0 Å². The van der Waals surface area contributed by atoms with Crippen LogP contribution in [0.3, 0.4) is 0 Å². The van der Waals surface area contributed by atoms with Gasteiger partial charge in [0.1, 0.15) is 17.5 Å². The van der Waals surface area contributed by atoms with Crippen molar-refractivity contribution >= 4 is 0 Å². The van der Waals surface area contributed by atoms with Gasteiger partial charge in [-0.3, -0.25) is 0 Å². The fourth-order valence-electron chi connectivity index (χ4n) is 5.79. The van der Waals surface area contributed by atoms with Crippen LogP contribution < -0.4 is 0 Å². The Morgan fingerprint density at radius 3 is 2.91 bits per heavy atom. The molecule has 2 nitrogen and oxygen atoms in total. The zero-order valence-corrected chi connectivity index (χ0v) is 13.4.